The molecule has 0 aromatic heterocycles. The third kappa shape index (κ3) is 4.49. The molecule has 0 radical (unpaired) electrons. The van der Waals surface area contributed by atoms with Crippen molar-refractivity contribution in [3.8, 4) is 0 Å². The van der Waals surface area contributed by atoms with Gasteiger partial charge in [0.1, 0.15) is 0 Å². The lowest BCUT2D eigenvalue weighted by atomic mass is 9.99. The second-order valence-electron chi connectivity index (χ2n) is 4.59. The van der Waals surface area contributed by atoms with E-state index in [1.54, 1.807) is 7.11 Å². The third-order valence-corrected chi connectivity index (χ3v) is 3.10. The van der Waals surface area contributed by atoms with Crippen LogP contribution in [0.25, 0.3) is 0 Å². The Morgan fingerprint density at radius 2 is 2.33 bits per heavy atom. The third-order valence-electron chi connectivity index (χ3n) is 3.10. The van der Waals surface area contributed by atoms with Crippen molar-refractivity contribution >= 4 is 0 Å². The molecule has 0 saturated carbocycles. The molecular weight excluding hydrogens is 190 g/mol. The van der Waals surface area contributed by atoms with Gasteiger partial charge in [0.25, 0.3) is 0 Å². The Hall–Kier alpha value is -0.120. The average Bonchev–Trinajstić information content (AvgIpc) is 2.66. The summed E-state index contributed by atoms with van der Waals surface area (Å²) < 4.78 is 10.8. The van der Waals surface area contributed by atoms with E-state index in [2.05, 4.69) is 19.2 Å². The second kappa shape index (κ2) is 7.20. The van der Waals surface area contributed by atoms with Gasteiger partial charge in [0, 0.05) is 26.9 Å². The highest BCUT2D eigenvalue weighted by Gasteiger charge is 2.25. The summed E-state index contributed by atoms with van der Waals surface area (Å²) in [6.45, 7) is 8.33. The predicted molar refractivity (Wildman–Crippen MR) is 62.0 cm³/mol. The van der Waals surface area contributed by atoms with Gasteiger partial charge in [-0.05, 0) is 31.2 Å². The molecular formula is C12H25NO2. The molecule has 0 spiro atoms. The van der Waals surface area contributed by atoms with Gasteiger partial charge in [-0.25, -0.2) is 0 Å². The number of hydrogen-bond donors (Lipinski definition) is 1. The molecule has 15 heavy (non-hydrogen) atoms. The Bertz CT molecular complexity index is 164. The van der Waals surface area contributed by atoms with Crippen molar-refractivity contribution in [1.82, 2.24) is 5.32 Å². The molecule has 3 nitrogen and oxygen atoms in total. The fraction of sp³-hybridized carbons (Fsp3) is 1.00. The first-order valence-corrected chi connectivity index (χ1v) is 6.09. The molecule has 1 N–H and O–H groups in total. The summed E-state index contributed by atoms with van der Waals surface area (Å²) >= 11 is 0. The lowest BCUT2D eigenvalue weighted by Gasteiger charge is -2.18. The van der Waals surface area contributed by atoms with Crippen molar-refractivity contribution in [1.29, 1.82) is 0 Å². The Morgan fingerprint density at radius 3 is 3.00 bits per heavy atom. The summed E-state index contributed by atoms with van der Waals surface area (Å²) in [7, 11) is 1.76. The van der Waals surface area contributed by atoms with Gasteiger partial charge in [0.05, 0.1) is 6.10 Å². The first-order chi connectivity index (χ1) is 7.27. The molecule has 3 unspecified atom stereocenters. The van der Waals surface area contributed by atoms with Gasteiger partial charge in [-0.15, -0.1) is 0 Å². The number of nitrogens with one attached hydrogen (secondary N) is 1. The zero-order valence-electron chi connectivity index (χ0n) is 10.3. The smallest absolute Gasteiger partial charge is 0.0613 e. The summed E-state index contributed by atoms with van der Waals surface area (Å²) in [5.41, 5.74) is 0. The summed E-state index contributed by atoms with van der Waals surface area (Å²) in [5, 5.41) is 3.52. The van der Waals surface area contributed by atoms with E-state index in [-0.39, 0.29) is 0 Å². The number of methoxy groups -OCH3 is 1. The molecule has 0 amide bonds. The molecule has 1 aliphatic rings. The number of ether oxygens (including phenoxy) is 2. The normalized spacial score (nSPS) is 28.2. The summed E-state index contributed by atoms with van der Waals surface area (Å²) in [6.07, 6.45) is 2.83. The SMILES string of the molecule is CCC1OCCC1CNCC(C)COC. The first kappa shape index (κ1) is 12.9. The maximum atomic E-state index is 5.66. The molecule has 3 heteroatoms. The van der Waals surface area contributed by atoms with E-state index < -0.39 is 0 Å². The van der Waals surface area contributed by atoms with Crippen LogP contribution in [0.5, 0.6) is 0 Å². The van der Waals surface area contributed by atoms with E-state index >= 15 is 0 Å². The van der Waals surface area contributed by atoms with Crippen LogP contribution in [0.2, 0.25) is 0 Å². The fourth-order valence-corrected chi connectivity index (χ4v) is 2.24. The summed E-state index contributed by atoms with van der Waals surface area (Å²) in [5.74, 6) is 1.31. The lowest BCUT2D eigenvalue weighted by molar-refractivity contribution is 0.0865. The molecule has 1 rings (SSSR count). The van der Waals surface area contributed by atoms with Crippen LogP contribution in [0, 0.1) is 11.8 Å². The predicted octanol–water partition coefficient (Wildman–Crippen LogP) is 1.67. The maximum Gasteiger partial charge on any atom is 0.0613 e. The molecule has 1 saturated heterocycles. The standard InChI is InChI=1S/C12H25NO2/c1-4-12-11(5-6-15-12)8-13-7-10(2)9-14-3/h10-13H,4-9H2,1-3H3. The molecule has 0 aromatic carbocycles. The van der Waals surface area contributed by atoms with Crippen molar-refractivity contribution in [2.24, 2.45) is 11.8 Å². The Morgan fingerprint density at radius 1 is 1.53 bits per heavy atom. The molecule has 0 aliphatic carbocycles. The van der Waals surface area contributed by atoms with Crippen LogP contribution in [-0.2, 0) is 9.47 Å². The molecule has 90 valence electrons. The highest BCUT2D eigenvalue weighted by Crippen LogP contribution is 2.22. The van der Waals surface area contributed by atoms with Gasteiger partial charge in [-0.1, -0.05) is 13.8 Å². The van der Waals surface area contributed by atoms with Crippen LogP contribution in [0.15, 0.2) is 0 Å². The van der Waals surface area contributed by atoms with Crippen molar-refractivity contribution in [3.63, 3.8) is 0 Å². The van der Waals surface area contributed by atoms with Crippen molar-refractivity contribution in [2.45, 2.75) is 32.8 Å². The van der Waals surface area contributed by atoms with Crippen molar-refractivity contribution in [3.05, 3.63) is 0 Å². The minimum atomic E-state index is 0.482. The Balaban J connectivity index is 2.08. The minimum Gasteiger partial charge on any atom is -0.384 e. The highest BCUT2D eigenvalue weighted by molar-refractivity contribution is 4.77. The van der Waals surface area contributed by atoms with E-state index in [4.69, 9.17) is 9.47 Å². The lowest BCUT2D eigenvalue weighted by Crippen LogP contribution is -2.32. The summed E-state index contributed by atoms with van der Waals surface area (Å²) in [6, 6.07) is 0. The van der Waals surface area contributed by atoms with Gasteiger partial charge in [0.15, 0.2) is 0 Å². The fourth-order valence-electron chi connectivity index (χ4n) is 2.24. The van der Waals surface area contributed by atoms with Crippen LogP contribution in [-0.4, -0.2) is 39.5 Å². The maximum absolute atomic E-state index is 5.66. The molecule has 3 atom stereocenters. The highest BCUT2D eigenvalue weighted by atomic mass is 16.5. The molecule has 1 aliphatic heterocycles. The topological polar surface area (TPSA) is 30.5 Å². The molecule has 1 fully saturated rings. The van der Waals surface area contributed by atoms with E-state index in [0.29, 0.717) is 17.9 Å². The van der Waals surface area contributed by atoms with Gasteiger partial charge in [0.2, 0.25) is 0 Å². The van der Waals surface area contributed by atoms with Crippen LogP contribution >= 0.6 is 0 Å². The monoisotopic (exact) mass is 215 g/mol. The van der Waals surface area contributed by atoms with Crippen LogP contribution < -0.4 is 5.32 Å². The Kier molecular flexibility index (Phi) is 6.22. The summed E-state index contributed by atoms with van der Waals surface area (Å²) in [4.78, 5) is 0. The molecule has 0 bridgehead atoms. The average molecular weight is 215 g/mol. The largest absolute Gasteiger partial charge is 0.384 e. The van der Waals surface area contributed by atoms with E-state index in [1.165, 1.54) is 6.42 Å². The van der Waals surface area contributed by atoms with E-state index in [1.807, 2.05) is 0 Å². The van der Waals surface area contributed by atoms with Crippen LogP contribution in [0.4, 0.5) is 0 Å². The first-order valence-electron chi connectivity index (χ1n) is 6.09. The zero-order chi connectivity index (χ0) is 11.1. The second-order valence-corrected chi connectivity index (χ2v) is 4.59. The quantitative estimate of drug-likeness (QED) is 0.701. The van der Waals surface area contributed by atoms with Crippen LogP contribution in [0.3, 0.4) is 0 Å². The number of hydrogen-bond acceptors (Lipinski definition) is 3. The van der Waals surface area contributed by atoms with Crippen molar-refractivity contribution in [2.75, 3.05) is 33.4 Å². The zero-order valence-corrected chi connectivity index (χ0v) is 10.3. The molecule has 0 aromatic rings. The van der Waals surface area contributed by atoms with Gasteiger partial charge >= 0.3 is 0 Å². The van der Waals surface area contributed by atoms with E-state index in [9.17, 15) is 0 Å². The van der Waals surface area contributed by atoms with Gasteiger partial charge in [-0.2, -0.15) is 0 Å². The molecule has 1 heterocycles. The van der Waals surface area contributed by atoms with E-state index in [0.717, 1.165) is 32.7 Å². The van der Waals surface area contributed by atoms with Crippen molar-refractivity contribution < 1.29 is 9.47 Å². The Labute approximate surface area is 93.5 Å². The van der Waals surface area contributed by atoms with Crippen LogP contribution in [0.1, 0.15) is 26.7 Å². The van der Waals surface area contributed by atoms with Gasteiger partial charge in [-0.3, -0.25) is 0 Å². The minimum absolute atomic E-state index is 0.482. The van der Waals surface area contributed by atoms with Gasteiger partial charge < -0.3 is 14.8 Å². The number of rotatable bonds is 7.